The third kappa shape index (κ3) is 3.49. The normalized spacial score (nSPS) is 16.6. The van der Waals surface area contributed by atoms with Crippen LogP contribution in [-0.2, 0) is 12.8 Å². The minimum atomic E-state index is -0.329. The van der Waals surface area contributed by atoms with Gasteiger partial charge in [0.25, 0.3) is 0 Å². The van der Waals surface area contributed by atoms with Crippen LogP contribution in [0.5, 0.6) is 17.2 Å². The summed E-state index contributed by atoms with van der Waals surface area (Å²) in [5.41, 5.74) is 12.4. The van der Waals surface area contributed by atoms with E-state index in [1.54, 1.807) is 25.6 Å². The highest BCUT2D eigenvalue weighted by Gasteiger charge is 2.36. The molecule has 6 nitrogen and oxygen atoms in total. The SMILES string of the molecule is COc1ccc(-c2c3c(nc4sc5c(c24)OC(N)=C(C#N)C5c2ccc(OC)cc2)CCCC3)cc1. The minimum Gasteiger partial charge on any atom is -0.497 e. The van der Waals surface area contributed by atoms with E-state index in [-0.39, 0.29) is 11.8 Å². The Morgan fingerprint density at radius 1 is 1.00 bits per heavy atom. The summed E-state index contributed by atoms with van der Waals surface area (Å²) in [7, 11) is 3.31. The van der Waals surface area contributed by atoms with Gasteiger partial charge in [-0.05, 0) is 66.6 Å². The van der Waals surface area contributed by atoms with Crippen LogP contribution in [-0.4, -0.2) is 19.2 Å². The fourth-order valence-corrected chi connectivity index (χ4v) is 6.59. The number of ether oxygens (including phenoxy) is 3. The number of fused-ring (bicyclic) bond motifs is 4. The van der Waals surface area contributed by atoms with Crippen LogP contribution in [0.3, 0.4) is 0 Å². The fraction of sp³-hybridized carbons (Fsp3) is 0.241. The number of hydrogen-bond donors (Lipinski definition) is 1. The average Bonchev–Trinajstić information content (AvgIpc) is 3.28. The Balaban J connectivity index is 1.63. The fourth-order valence-electron chi connectivity index (χ4n) is 5.32. The minimum absolute atomic E-state index is 0.143. The molecule has 36 heavy (non-hydrogen) atoms. The molecule has 2 N–H and O–H groups in total. The van der Waals surface area contributed by atoms with Crippen molar-refractivity contribution in [1.82, 2.24) is 4.98 Å². The molecule has 1 atom stereocenters. The maximum atomic E-state index is 10.0. The van der Waals surface area contributed by atoms with E-state index in [2.05, 4.69) is 18.2 Å². The Hall–Kier alpha value is -4.02. The topological polar surface area (TPSA) is 90.4 Å². The number of nitriles is 1. The number of nitrogens with two attached hydrogens (primary N) is 1. The van der Waals surface area contributed by atoms with Crippen molar-refractivity contribution in [3.63, 3.8) is 0 Å². The summed E-state index contributed by atoms with van der Waals surface area (Å²) in [5, 5.41) is 11.0. The summed E-state index contributed by atoms with van der Waals surface area (Å²) in [6.45, 7) is 0. The molecule has 2 aliphatic rings. The van der Waals surface area contributed by atoms with E-state index in [9.17, 15) is 5.26 Å². The molecule has 180 valence electrons. The van der Waals surface area contributed by atoms with Crippen LogP contribution < -0.4 is 19.9 Å². The first-order chi connectivity index (χ1) is 17.6. The van der Waals surface area contributed by atoms with E-state index in [1.807, 2.05) is 36.4 Å². The predicted molar refractivity (Wildman–Crippen MR) is 141 cm³/mol. The van der Waals surface area contributed by atoms with Crippen molar-refractivity contribution in [2.24, 2.45) is 5.73 Å². The van der Waals surface area contributed by atoms with E-state index in [4.69, 9.17) is 24.9 Å². The van der Waals surface area contributed by atoms with Crippen molar-refractivity contribution in [3.05, 3.63) is 81.7 Å². The summed E-state index contributed by atoms with van der Waals surface area (Å²) in [4.78, 5) is 6.99. The highest BCUT2D eigenvalue weighted by atomic mass is 32.1. The summed E-state index contributed by atoms with van der Waals surface area (Å²) in [6.07, 6.45) is 4.20. The van der Waals surface area contributed by atoms with Crippen molar-refractivity contribution < 1.29 is 14.2 Å². The first-order valence-electron chi connectivity index (χ1n) is 12.0. The Bertz CT molecular complexity index is 1550. The third-order valence-corrected chi connectivity index (χ3v) is 8.20. The summed E-state index contributed by atoms with van der Waals surface area (Å²) >= 11 is 1.59. The standard InChI is InChI=1S/C29H25N3O3S/c1-33-18-11-7-16(8-12-18)23-20-5-3-4-6-22(20)32-29-25(23)26-27(36-29)24(21(15-30)28(31)35-26)17-9-13-19(34-2)14-10-17/h7-14,24H,3-6,31H2,1-2H3. The molecule has 0 saturated heterocycles. The number of allylic oxidation sites excluding steroid dienone is 1. The molecule has 2 aromatic carbocycles. The molecular weight excluding hydrogens is 470 g/mol. The van der Waals surface area contributed by atoms with Crippen molar-refractivity contribution in [2.75, 3.05) is 14.2 Å². The lowest BCUT2D eigenvalue weighted by atomic mass is 9.85. The Labute approximate surface area is 213 Å². The van der Waals surface area contributed by atoms with Gasteiger partial charge < -0.3 is 19.9 Å². The number of methoxy groups -OCH3 is 2. The van der Waals surface area contributed by atoms with Gasteiger partial charge in [0.2, 0.25) is 5.88 Å². The van der Waals surface area contributed by atoms with Gasteiger partial charge >= 0.3 is 0 Å². The van der Waals surface area contributed by atoms with Crippen LogP contribution in [0.2, 0.25) is 0 Å². The molecule has 1 unspecified atom stereocenters. The second-order valence-electron chi connectivity index (χ2n) is 9.02. The van der Waals surface area contributed by atoms with Gasteiger partial charge in [0.05, 0.1) is 30.4 Å². The van der Waals surface area contributed by atoms with E-state index < -0.39 is 0 Å². The number of thiophene rings is 1. The number of nitrogens with zero attached hydrogens (tertiary/aromatic N) is 2. The summed E-state index contributed by atoms with van der Waals surface area (Å²) in [5.74, 6) is 2.09. The smallest absolute Gasteiger partial charge is 0.205 e. The molecule has 6 rings (SSSR count). The van der Waals surface area contributed by atoms with Crippen LogP contribution in [0, 0.1) is 11.3 Å². The lowest BCUT2D eigenvalue weighted by molar-refractivity contribution is 0.401. The Morgan fingerprint density at radius 3 is 2.33 bits per heavy atom. The number of pyridine rings is 1. The number of hydrogen-bond acceptors (Lipinski definition) is 7. The van der Waals surface area contributed by atoms with E-state index in [1.165, 1.54) is 5.56 Å². The van der Waals surface area contributed by atoms with Gasteiger partial charge in [-0.3, -0.25) is 0 Å². The molecule has 0 radical (unpaired) electrons. The highest BCUT2D eigenvalue weighted by molar-refractivity contribution is 7.19. The molecule has 0 bridgehead atoms. The maximum absolute atomic E-state index is 10.0. The van der Waals surface area contributed by atoms with Crippen LogP contribution in [0.4, 0.5) is 0 Å². The van der Waals surface area contributed by atoms with Gasteiger partial charge in [0.15, 0.2) is 5.75 Å². The number of benzene rings is 2. The van der Waals surface area contributed by atoms with Crippen molar-refractivity contribution in [3.8, 4) is 34.4 Å². The molecule has 0 amide bonds. The monoisotopic (exact) mass is 495 g/mol. The zero-order chi connectivity index (χ0) is 24.8. The zero-order valence-electron chi connectivity index (χ0n) is 20.1. The molecule has 0 saturated carbocycles. The molecule has 3 heterocycles. The van der Waals surface area contributed by atoms with Gasteiger partial charge in [-0.25, -0.2) is 4.98 Å². The summed E-state index contributed by atoms with van der Waals surface area (Å²) < 4.78 is 17.0. The van der Waals surface area contributed by atoms with E-state index in [0.29, 0.717) is 11.3 Å². The molecule has 1 aliphatic heterocycles. The molecule has 2 aromatic heterocycles. The largest absolute Gasteiger partial charge is 0.497 e. The highest BCUT2D eigenvalue weighted by Crippen LogP contribution is 2.53. The lowest BCUT2D eigenvalue weighted by Crippen LogP contribution is -2.20. The summed E-state index contributed by atoms with van der Waals surface area (Å²) in [6, 6.07) is 18.2. The maximum Gasteiger partial charge on any atom is 0.205 e. The first kappa shape index (κ1) is 22.4. The molecule has 7 heteroatoms. The molecular formula is C29H25N3O3S. The van der Waals surface area contributed by atoms with Crippen LogP contribution >= 0.6 is 11.3 Å². The van der Waals surface area contributed by atoms with Crippen molar-refractivity contribution in [1.29, 1.82) is 5.26 Å². The van der Waals surface area contributed by atoms with E-state index in [0.717, 1.165) is 74.7 Å². The molecule has 4 aromatic rings. The molecule has 0 spiro atoms. The van der Waals surface area contributed by atoms with Crippen LogP contribution in [0.1, 0.15) is 40.5 Å². The second kappa shape index (κ2) is 8.89. The predicted octanol–water partition coefficient (Wildman–Crippen LogP) is 6.08. The number of aryl methyl sites for hydroxylation is 1. The van der Waals surface area contributed by atoms with Gasteiger partial charge in [-0.15, -0.1) is 11.3 Å². The quantitative estimate of drug-likeness (QED) is 0.369. The van der Waals surface area contributed by atoms with E-state index >= 15 is 0 Å². The third-order valence-electron chi connectivity index (χ3n) is 7.07. The second-order valence-corrected chi connectivity index (χ2v) is 10.1. The molecule has 1 aliphatic carbocycles. The van der Waals surface area contributed by atoms with Crippen LogP contribution in [0.15, 0.2) is 60.0 Å². The molecule has 0 fully saturated rings. The average molecular weight is 496 g/mol. The Kier molecular flexibility index (Phi) is 5.54. The van der Waals surface area contributed by atoms with Gasteiger partial charge in [0, 0.05) is 11.3 Å². The number of rotatable bonds is 4. The Morgan fingerprint density at radius 2 is 1.67 bits per heavy atom. The lowest BCUT2D eigenvalue weighted by Gasteiger charge is -2.25. The zero-order valence-corrected chi connectivity index (χ0v) is 20.9. The first-order valence-corrected chi connectivity index (χ1v) is 12.8. The number of aromatic nitrogens is 1. The van der Waals surface area contributed by atoms with Gasteiger partial charge in [0.1, 0.15) is 28.0 Å². The van der Waals surface area contributed by atoms with Crippen LogP contribution in [0.25, 0.3) is 21.3 Å². The van der Waals surface area contributed by atoms with Crippen molar-refractivity contribution in [2.45, 2.75) is 31.6 Å². The van der Waals surface area contributed by atoms with Crippen molar-refractivity contribution >= 4 is 21.6 Å². The van der Waals surface area contributed by atoms with Gasteiger partial charge in [-0.2, -0.15) is 5.26 Å². The van der Waals surface area contributed by atoms with Gasteiger partial charge in [-0.1, -0.05) is 24.3 Å².